The van der Waals surface area contributed by atoms with Crippen LogP contribution in [-0.4, -0.2) is 32.3 Å². The molecule has 0 atom stereocenters. The number of carbonyl (C=O) groups is 2. The zero-order valence-electron chi connectivity index (χ0n) is 15.3. The van der Waals surface area contributed by atoms with Gasteiger partial charge in [0.25, 0.3) is 5.91 Å². The van der Waals surface area contributed by atoms with Gasteiger partial charge in [-0.3, -0.25) is 4.79 Å². The van der Waals surface area contributed by atoms with E-state index in [-0.39, 0.29) is 5.91 Å². The average molecular weight is 378 g/mol. The monoisotopic (exact) mass is 378 g/mol. The van der Waals surface area contributed by atoms with E-state index in [1.54, 1.807) is 60.7 Å². The molecule has 0 unspecified atom stereocenters. The van der Waals surface area contributed by atoms with Crippen molar-refractivity contribution in [1.29, 1.82) is 0 Å². The molecule has 0 saturated heterocycles. The fourth-order valence-electron chi connectivity index (χ4n) is 2.54. The molecule has 1 amide bonds. The molecule has 3 rings (SSSR count). The zero-order chi connectivity index (χ0) is 19.9. The van der Waals surface area contributed by atoms with Gasteiger partial charge in [0.2, 0.25) is 0 Å². The number of nitrogens with zero attached hydrogens (tertiary/aromatic N) is 1. The van der Waals surface area contributed by atoms with Crippen molar-refractivity contribution in [1.82, 2.24) is 5.43 Å². The number of carbonyl (C=O) groups excluding carboxylic acids is 2. The molecule has 0 saturated carbocycles. The third-order valence-corrected chi connectivity index (χ3v) is 3.91. The predicted molar refractivity (Wildman–Crippen MR) is 104 cm³/mol. The minimum absolute atomic E-state index is 0.377. The van der Waals surface area contributed by atoms with E-state index in [0.717, 1.165) is 0 Å². The maximum absolute atomic E-state index is 12.1. The molecule has 0 aliphatic heterocycles. The first-order chi connectivity index (χ1) is 13.6. The molecule has 0 bridgehead atoms. The molecular formula is C21H18N2O5. The van der Waals surface area contributed by atoms with Gasteiger partial charge in [0.1, 0.15) is 17.3 Å². The van der Waals surface area contributed by atoms with Gasteiger partial charge in [-0.2, -0.15) is 5.10 Å². The molecule has 0 aliphatic rings. The van der Waals surface area contributed by atoms with Crippen LogP contribution in [-0.2, 0) is 4.74 Å². The van der Waals surface area contributed by atoms with Gasteiger partial charge in [-0.25, -0.2) is 10.2 Å². The Balaban J connectivity index is 1.71. The van der Waals surface area contributed by atoms with Crippen LogP contribution in [0.3, 0.4) is 0 Å². The van der Waals surface area contributed by atoms with Crippen LogP contribution in [0, 0.1) is 0 Å². The Kier molecular flexibility index (Phi) is 5.86. The van der Waals surface area contributed by atoms with Crippen molar-refractivity contribution in [2.45, 2.75) is 0 Å². The van der Waals surface area contributed by atoms with Gasteiger partial charge in [0.15, 0.2) is 0 Å². The average Bonchev–Trinajstić information content (AvgIpc) is 3.22. The predicted octanol–water partition coefficient (Wildman–Crippen LogP) is 3.51. The molecule has 0 aliphatic carbocycles. The lowest BCUT2D eigenvalue weighted by Crippen LogP contribution is -2.17. The standard InChI is InChI=1S/C21H18N2O5/c1-26-15-7-5-6-14(12-15)20(24)23-22-13-16-10-11-19(28-16)17-8-3-4-9-18(17)21(25)27-2/h3-13H,1-2H3,(H,23,24)/b22-13+. The Labute approximate surface area is 161 Å². The largest absolute Gasteiger partial charge is 0.497 e. The van der Waals surface area contributed by atoms with Gasteiger partial charge in [0, 0.05) is 11.1 Å². The normalized spacial score (nSPS) is 10.6. The summed E-state index contributed by atoms with van der Waals surface area (Å²) in [6.45, 7) is 0. The summed E-state index contributed by atoms with van der Waals surface area (Å²) in [5.41, 5.74) is 3.85. The third kappa shape index (κ3) is 4.27. The Morgan fingerprint density at radius 1 is 1.04 bits per heavy atom. The number of methoxy groups -OCH3 is 2. The zero-order valence-corrected chi connectivity index (χ0v) is 15.3. The van der Waals surface area contributed by atoms with E-state index in [4.69, 9.17) is 13.9 Å². The summed E-state index contributed by atoms with van der Waals surface area (Å²) in [7, 11) is 2.85. The van der Waals surface area contributed by atoms with Crippen molar-refractivity contribution in [2.24, 2.45) is 5.10 Å². The Morgan fingerprint density at radius 2 is 1.86 bits per heavy atom. The first-order valence-corrected chi connectivity index (χ1v) is 8.37. The number of hydrogen-bond donors (Lipinski definition) is 1. The smallest absolute Gasteiger partial charge is 0.338 e. The third-order valence-electron chi connectivity index (χ3n) is 3.91. The maximum atomic E-state index is 12.1. The highest BCUT2D eigenvalue weighted by atomic mass is 16.5. The van der Waals surface area contributed by atoms with Crippen LogP contribution in [0.5, 0.6) is 5.75 Å². The van der Waals surface area contributed by atoms with Gasteiger partial charge < -0.3 is 13.9 Å². The Morgan fingerprint density at radius 3 is 2.64 bits per heavy atom. The second-order valence-corrected chi connectivity index (χ2v) is 5.67. The number of benzene rings is 2. The lowest BCUT2D eigenvalue weighted by atomic mass is 10.1. The highest BCUT2D eigenvalue weighted by Crippen LogP contribution is 2.26. The second-order valence-electron chi connectivity index (χ2n) is 5.67. The topological polar surface area (TPSA) is 90.1 Å². The summed E-state index contributed by atoms with van der Waals surface area (Å²) < 4.78 is 15.6. The minimum Gasteiger partial charge on any atom is -0.497 e. The van der Waals surface area contributed by atoms with E-state index >= 15 is 0 Å². The number of hydrazone groups is 1. The van der Waals surface area contributed by atoms with Crippen molar-refractivity contribution in [3.63, 3.8) is 0 Å². The van der Waals surface area contributed by atoms with E-state index in [1.165, 1.54) is 20.4 Å². The first kappa shape index (κ1) is 18.9. The fraction of sp³-hybridized carbons (Fsp3) is 0.0952. The van der Waals surface area contributed by atoms with Crippen LogP contribution >= 0.6 is 0 Å². The number of ether oxygens (including phenoxy) is 2. The summed E-state index contributed by atoms with van der Waals surface area (Å²) in [5, 5.41) is 3.90. The van der Waals surface area contributed by atoms with Gasteiger partial charge in [-0.1, -0.05) is 24.3 Å². The number of amides is 1. The molecule has 1 N–H and O–H groups in total. The van der Waals surface area contributed by atoms with E-state index in [0.29, 0.717) is 34.0 Å². The van der Waals surface area contributed by atoms with E-state index in [1.807, 2.05) is 0 Å². The molecule has 7 heteroatoms. The highest BCUT2D eigenvalue weighted by Gasteiger charge is 2.15. The number of furan rings is 1. The Hall–Kier alpha value is -3.87. The summed E-state index contributed by atoms with van der Waals surface area (Å²) in [6, 6.07) is 17.1. The quantitative estimate of drug-likeness (QED) is 0.403. The molecule has 142 valence electrons. The molecule has 0 radical (unpaired) electrons. The van der Waals surface area contributed by atoms with Crippen LogP contribution in [0.2, 0.25) is 0 Å². The van der Waals surface area contributed by atoms with E-state index in [2.05, 4.69) is 10.5 Å². The summed E-state index contributed by atoms with van der Waals surface area (Å²) in [4.78, 5) is 24.0. The summed E-state index contributed by atoms with van der Waals surface area (Å²) in [6.07, 6.45) is 1.38. The van der Waals surface area contributed by atoms with Crippen LogP contribution in [0.1, 0.15) is 26.5 Å². The van der Waals surface area contributed by atoms with Crippen molar-refractivity contribution in [2.75, 3.05) is 14.2 Å². The molecule has 3 aromatic rings. The second kappa shape index (κ2) is 8.68. The van der Waals surface area contributed by atoms with Gasteiger partial charge in [-0.05, 0) is 36.4 Å². The van der Waals surface area contributed by atoms with E-state index < -0.39 is 5.97 Å². The van der Waals surface area contributed by atoms with Crippen LogP contribution in [0.25, 0.3) is 11.3 Å². The van der Waals surface area contributed by atoms with Crippen molar-refractivity contribution in [3.8, 4) is 17.1 Å². The number of nitrogens with one attached hydrogen (secondary N) is 1. The molecule has 28 heavy (non-hydrogen) atoms. The minimum atomic E-state index is -0.451. The summed E-state index contributed by atoms with van der Waals surface area (Å²) >= 11 is 0. The van der Waals surface area contributed by atoms with Gasteiger partial charge in [0.05, 0.1) is 26.0 Å². The van der Waals surface area contributed by atoms with Gasteiger partial charge >= 0.3 is 5.97 Å². The number of rotatable bonds is 6. The lowest BCUT2D eigenvalue weighted by Gasteiger charge is -2.04. The maximum Gasteiger partial charge on any atom is 0.338 e. The van der Waals surface area contributed by atoms with Gasteiger partial charge in [-0.15, -0.1) is 0 Å². The van der Waals surface area contributed by atoms with Crippen LogP contribution < -0.4 is 10.2 Å². The van der Waals surface area contributed by atoms with Crippen LogP contribution in [0.15, 0.2) is 70.2 Å². The molecule has 0 spiro atoms. The summed E-state index contributed by atoms with van der Waals surface area (Å²) in [5.74, 6) is 0.657. The first-order valence-electron chi connectivity index (χ1n) is 8.37. The Bertz CT molecular complexity index is 1020. The van der Waals surface area contributed by atoms with Crippen molar-refractivity contribution in [3.05, 3.63) is 77.6 Å². The number of esters is 1. The molecule has 0 fully saturated rings. The molecular weight excluding hydrogens is 360 g/mol. The molecule has 7 nitrogen and oxygen atoms in total. The molecule has 2 aromatic carbocycles. The molecule has 1 aromatic heterocycles. The highest BCUT2D eigenvalue weighted by molar-refractivity contribution is 5.97. The van der Waals surface area contributed by atoms with Crippen molar-refractivity contribution < 1.29 is 23.5 Å². The van der Waals surface area contributed by atoms with E-state index in [9.17, 15) is 9.59 Å². The molecule has 1 heterocycles. The lowest BCUT2D eigenvalue weighted by molar-refractivity contribution is 0.0601. The SMILES string of the molecule is COC(=O)c1ccccc1-c1ccc(/C=N/NC(=O)c2cccc(OC)c2)o1. The van der Waals surface area contributed by atoms with Crippen molar-refractivity contribution >= 4 is 18.1 Å². The fourth-order valence-corrected chi connectivity index (χ4v) is 2.54. The number of hydrogen-bond acceptors (Lipinski definition) is 6. The van der Waals surface area contributed by atoms with Crippen LogP contribution in [0.4, 0.5) is 0 Å².